The van der Waals surface area contributed by atoms with Crippen molar-refractivity contribution in [3.8, 4) is 5.75 Å². The van der Waals surface area contributed by atoms with E-state index < -0.39 is 30.2 Å². The molecule has 0 bridgehead atoms. The van der Waals surface area contributed by atoms with Gasteiger partial charge >= 0.3 is 0 Å². The van der Waals surface area contributed by atoms with Crippen LogP contribution in [0.3, 0.4) is 0 Å². The van der Waals surface area contributed by atoms with Crippen LogP contribution < -0.4 is 10.1 Å². The number of benzene rings is 1. The minimum Gasteiger partial charge on any atom is -0.485 e. The molecule has 0 aliphatic carbocycles. The Kier molecular flexibility index (Phi) is 5.82. The number of aliphatic hydroxyl groups is 1. The van der Waals surface area contributed by atoms with Crippen LogP contribution in [-0.4, -0.2) is 37.2 Å². The number of pyridine rings is 1. The molecule has 4 aromatic rings. The summed E-state index contributed by atoms with van der Waals surface area (Å²) in [6, 6.07) is 5.85. The van der Waals surface area contributed by atoms with Gasteiger partial charge in [0.2, 0.25) is 11.8 Å². The molecule has 1 amide bonds. The summed E-state index contributed by atoms with van der Waals surface area (Å²) in [7, 11) is 0. The molecule has 9 nitrogen and oxygen atoms in total. The number of aromatic nitrogens is 4. The first-order chi connectivity index (χ1) is 15.4. The highest BCUT2D eigenvalue weighted by Crippen LogP contribution is 2.24. The third kappa shape index (κ3) is 4.02. The van der Waals surface area contributed by atoms with Crippen LogP contribution >= 0.6 is 0 Å². The summed E-state index contributed by atoms with van der Waals surface area (Å²) in [6.07, 6.45) is 1.60. The standard InChI is InChI=1S/C21H19F2N5O4/c1-11-18(20(30)25-16(9-29)21-27-26-12(2)32-21)28-8-4-7-17(19(28)24-11)31-10-13-14(22)5-3-6-15(13)23/h3-8,16,29H,9-10H2,1-2H3,(H,25,30)/t16-/m0/s1. The van der Waals surface area contributed by atoms with Gasteiger partial charge in [0.05, 0.1) is 17.9 Å². The molecule has 0 saturated carbocycles. The van der Waals surface area contributed by atoms with Gasteiger partial charge in [0.25, 0.3) is 5.91 Å². The SMILES string of the molecule is Cc1nnc([C@H](CO)NC(=O)c2c(C)nc3c(OCc4c(F)cccc4F)cccn23)o1. The average Bonchev–Trinajstić information content (AvgIpc) is 3.34. The molecule has 1 atom stereocenters. The zero-order valence-electron chi connectivity index (χ0n) is 17.2. The molecule has 32 heavy (non-hydrogen) atoms. The smallest absolute Gasteiger partial charge is 0.270 e. The Hall–Kier alpha value is -3.86. The lowest BCUT2D eigenvalue weighted by Crippen LogP contribution is -2.32. The second kappa shape index (κ2) is 8.71. The van der Waals surface area contributed by atoms with Crippen molar-refractivity contribution in [2.45, 2.75) is 26.5 Å². The van der Waals surface area contributed by atoms with Crippen molar-refractivity contribution < 1.29 is 27.8 Å². The Morgan fingerprint density at radius 2 is 1.97 bits per heavy atom. The molecule has 3 heterocycles. The molecule has 0 aliphatic rings. The van der Waals surface area contributed by atoms with Crippen molar-refractivity contribution in [3.63, 3.8) is 0 Å². The fraction of sp³-hybridized carbons (Fsp3) is 0.238. The zero-order chi connectivity index (χ0) is 22.8. The summed E-state index contributed by atoms with van der Waals surface area (Å²) >= 11 is 0. The number of imidazole rings is 1. The Labute approximate surface area is 180 Å². The van der Waals surface area contributed by atoms with Gasteiger partial charge in [0.15, 0.2) is 11.4 Å². The van der Waals surface area contributed by atoms with Crippen LogP contribution in [0.25, 0.3) is 5.65 Å². The second-order valence-corrected chi connectivity index (χ2v) is 6.97. The number of aliphatic hydroxyl groups excluding tert-OH is 1. The molecule has 166 valence electrons. The van der Waals surface area contributed by atoms with E-state index in [1.54, 1.807) is 32.2 Å². The zero-order valence-corrected chi connectivity index (χ0v) is 17.2. The van der Waals surface area contributed by atoms with Gasteiger partial charge in [-0.25, -0.2) is 13.8 Å². The van der Waals surface area contributed by atoms with Gasteiger partial charge in [0.1, 0.15) is 30.0 Å². The second-order valence-electron chi connectivity index (χ2n) is 6.97. The summed E-state index contributed by atoms with van der Waals surface area (Å²) in [5.41, 5.74) is 0.656. The lowest BCUT2D eigenvalue weighted by Gasteiger charge is -2.13. The van der Waals surface area contributed by atoms with Crippen LogP contribution in [0.2, 0.25) is 0 Å². The predicted molar refractivity (Wildman–Crippen MR) is 107 cm³/mol. The molecule has 0 unspecified atom stereocenters. The monoisotopic (exact) mass is 443 g/mol. The molecule has 1 aromatic carbocycles. The maximum atomic E-state index is 13.9. The van der Waals surface area contributed by atoms with E-state index in [0.29, 0.717) is 17.2 Å². The lowest BCUT2D eigenvalue weighted by molar-refractivity contribution is 0.0897. The number of aryl methyl sites for hydroxylation is 2. The van der Waals surface area contributed by atoms with E-state index in [0.717, 1.165) is 12.1 Å². The van der Waals surface area contributed by atoms with Crippen LogP contribution in [0.1, 0.15) is 39.6 Å². The van der Waals surface area contributed by atoms with E-state index in [2.05, 4.69) is 20.5 Å². The molecular weight excluding hydrogens is 424 g/mol. The quantitative estimate of drug-likeness (QED) is 0.451. The van der Waals surface area contributed by atoms with Gasteiger partial charge < -0.3 is 19.6 Å². The molecule has 0 spiro atoms. The first-order valence-corrected chi connectivity index (χ1v) is 9.64. The summed E-state index contributed by atoms with van der Waals surface area (Å²) in [4.78, 5) is 17.3. The maximum Gasteiger partial charge on any atom is 0.270 e. The summed E-state index contributed by atoms with van der Waals surface area (Å²) in [6.45, 7) is 2.42. The van der Waals surface area contributed by atoms with Crippen molar-refractivity contribution in [2.75, 3.05) is 6.61 Å². The number of halogens is 2. The lowest BCUT2D eigenvalue weighted by atomic mass is 10.2. The van der Waals surface area contributed by atoms with E-state index in [9.17, 15) is 18.7 Å². The molecule has 3 aromatic heterocycles. The number of carbonyl (C=O) groups excluding carboxylic acids is 1. The van der Waals surface area contributed by atoms with Crippen LogP contribution in [-0.2, 0) is 6.61 Å². The van der Waals surface area contributed by atoms with Gasteiger partial charge in [-0.2, -0.15) is 0 Å². The highest BCUT2D eigenvalue weighted by atomic mass is 19.1. The van der Waals surface area contributed by atoms with Crippen molar-refractivity contribution in [2.24, 2.45) is 0 Å². The number of hydrogen-bond donors (Lipinski definition) is 2. The molecule has 0 fully saturated rings. The van der Waals surface area contributed by atoms with Gasteiger partial charge in [-0.1, -0.05) is 6.07 Å². The van der Waals surface area contributed by atoms with E-state index in [-0.39, 0.29) is 29.5 Å². The molecule has 0 radical (unpaired) electrons. The Bertz CT molecular complexity index is 1270. The Balaban J connectivity index is 1.61. The molecule has 11 heteroatoms. The van der Waals surface area contributed by atoms with E-state index in [1.807, 2.05) is 0 Å². The highest BCUT2D eigenvalue weighted by molar-refractivity contribution is 5.95. The number of carbonyl (C=O) groups is 1. The number of nitrogens with zero attached hydrogens (tertiary/aromatic N) is 4. The van der Waals surface area contributed by atoms with Crippen LogP contribution in [0.4, 0.5) is 8.78 Å². The Morgan fingerprint density at radius 3 is 2.62 bits per heavy atom. The average molecular weight is 443 g/mol. The molecule has 4 rings (SSSR count). The number of hydrogen-bond acceptors (Lipinski definition) is 7. The van der Waals surface area contributed by atoms with Crippen molar-refractivity contribution in [1.82, 2.24) is 24.9 Å². The highest BCUT2D eigenvalue weighted by Gasteiger charge is 2.25. The van der Waals surface area contributed by atoms with Crippen molar-refractivity contribution in [3.05, 3.63) is 76.9 Å². The molecule has 0 aliphatic heterocycles. The number of amides is 1. The van der Waals surface area contributed by atoms with Crippen LogP contribution in [0.15, 0.2) is 40.9 Å². The van der Waals surface area contributed by atoms with Crippen molar-refractivity contribution >= 4 is 11.6 Å². The number of nitrogens with one attached hydrogen (secondary N) is 1. The van der Waals surface area contributed by atoms with Gasteiger partial charge in [-0.05, 0) is 31.2 Å². The fourth-order valence-corrected chi connectivity index (χ4v) is 3.23. The maximum absolute atomic E-state index is 13.9. The van der Waals surface area contributed by atoms with E-state index in [4.69, 9.17) is 9.15 Å². The van der Waals surface area contributed by atoms with Gasteiger partial charge in [-0.15, -0.1) is 10.2 Å². The van der Waals surface area contributed by atoms with Crippen LogP contribution in [0, 0.1) is 25.5 Å². The minimum atomic E-state index is -0.905. The summed E-state index contributed by atoms with van der Waals surface area (Å²) in [5, 5.41) is 19.8. The predicted octanol–water partition coefficient (Wildman–Crippen LogP) is 2.65. The summed E-state index contributed by atoms with van der Waals surface area (Å²) in [5.74, 6) is -1.37. The number of fused-ring (bicyclic) bond motifs is 1. The first-order valence-electron chi connectivity index (χ1n) is 9.64. The first kappa shape index (κ1) is 21.4. The molecule has 2 N–H and O–H groups in total. The largest absolute Gasteiger partial charge is 0.485 e. The fourth-order valence-electron chi connectivity index (χ4n) is 3.23. The molecular formula is C21H19F2N5O4. The third-order valence-corrected chi connectivity index (χ3v) is 4.76. The Morgan fingerprint density at radius 1 is 1.22 bits per heavy atom. The number of ether oxygens (including phenoxy) is 1. The topological polar surface area (TPSA) is 115 Å². The minimum absolute atomic E-state index is 0.0701. The third-order valence-electron chi connectivity index (χ3n) is 4.76. The van der Waals surface area contributed by atoms with Gasteiger partial charge in [0, 0.05) is 13.1 Å². The van der Waals surface area contributed by atoms with Crippen molar-refractivity contribution in [1.29, 1.82) is 0 Å². The van der Waals surface area contributed by atoms with E-state index in [1.165, 1.54) is 10.5 Å². The van der Waals surface area contributed by atoms with E-state index >= 15 is 0 Å². The normalized spacial score (nSPS) is 12.2. The summed E-state index contributed by atoms with van der Waals surface area (Å²) < 4.78 is 40.2. The number of rotatable bonds is 7. The molecule has 0 saturated heterocycles. The van der Waals surface area contributed by atoms with Crippen LogP contribution in [0.5, 0.6) is 5.75 Å². The van der Waals surface area contributed by atoms with Gasteiger partial charge in [-0.3, -0.25) is 9.20 Å².